The summed E-state index contributed by atoms with van der Waals surface area (Å²) in [5.74, 6) is 0.478. The van der Waals surface area contributed by atoms with Crippen molar-refractivity contribution in [2.24, 2.45) is 0 Å². The molecule has 4 heterocycles. The molecule has 1 saturated heterocycles. The number of pyridine rings is 1. The molecule has 1 amide bonds. The zero-order valence-corrected chi connectivity index (χ0v) is 20.0. The van der Waals surface area contributed by atoms with E-state index in [2.05, 4.69) is 33.7 Å². The molecule has 2 fully saturated rings. The zero-order chi connectivity index (χ0) is 23.1. The highest BCUT2D eigenvalue weighted by Crippen LogP contribution is 2.43. The van der Waals surface area contributed by atoms with Gasteiger partial charge in [0.15, 0.2) is 6.23 Å². The summed E-state index contributed by atoms with van der Waals surface area (Å²) < 4.78 is 0. The van der Waals surface area contributed by atoms with Gasteiger partial charge < -0.3 is 20.6 Å². The van der Waals surface area contributed by atoms with Crippen LogP contribution in [-0.2, 0) is 6.42 Å². The molecule has 1 saturated carbocycles. The highest BCUT2D eigenvalue weighted by atomic mass is 32.1. The fourth-order valence-electron chi connectivity index (χ4n) is 5.09. The van der Waals surface area contributed by atoms with E-state index in [1.165, 1.54) is 5.56 Å². The van der Waals surface area contributed by atoms with Crippen LogP contribution in [0.2, 0.25) is 0 Å². The van der Waals surface area contributed by atoms with E-state index in [0.29, 0.717) is 24.2 Å². The molecule has 7 heteroatoms. The summed E-state index contributed by atoms with van der Waals surface area (Å²) in [6, 6.07) is 16.6. The lowest BCUT2D eigenvalue weighted by atomic mass is 9.94. The number of nitrogens with one attached hydrogen (secondary N) is 2. The second-order valence-electron chi connectivity index (χ2n) is 9.56. The Labute approximate surface area is 204 Å². The first-order chi connectivity index (χ1) is 16.7. The van der Waals surface area contributed by atoms with Crippen molar-refractivity contribution in [3.8, 4) is 10.4 Å². The Hall–Kier alpha value is -2.74. The monoisotopic (exact) mass is 474 g/mol. The molecular weight excluding hydrogens is 444 g/mol. The van der Waals surface area contributed by atoms with E-state index in [-0.39, 0.29) is 5.91 Å². The molecule has 1 atom stereocenters. The first-order valence-electron chi connectivity index (χ1n) is 12.3. The Morgan fingerprint density at radius 3 is 2.76 bits per heavy atom. The number of benzene rings is 1. The Morgan fingerprint density at radius 2 is 1.94 bits per heavy atom. The van der Waals surface area contributed by atoms with Gasteiger partial charge in [0, 0.05) is 40.3 Å². The maximum Gasteiger partial charge on any atom is 0.261 e. The minimum atomic E-state index is -0.825. The van der Waals surface area contributed by atoms with E-state index >= 15 is 0 Å². The van der Waals surface area contributed by atoms with Gasteiger partial charge in [-0.25, -0.2) is 0 Å². The van der Waals surface area contributed by atoms with Crippen molar-refractivity contribution in [2.75, 3.05) is 24.5 Å². The van der Waals surface area contributed by atoms with Crippen LogP contribution in [0.15, 0.2) is 48.5 Å². The second kappa shape index (κ2) is 9.13. The van der Waals surface area contributed by atoms with E-state index in [4.69, 9.17) is 4.98 Å². The molecule has 1 aromatic carbocycles. The van der Waals surface area contributed by atoms with E-state index in [0.717, 1.165) is 71.9 Å². The van der Waals surface area contributed by atoms with Gasteiger partial charge in [-0.1, -0.05) is 24.3 Å². The normalized spacial score (nSPS) is 19.1. The van der Waals surface area contributed by atoms with Gasteiger partial charge in [-0.15, -0.1) is 11.3 Å². The van der Waals surface area contributed by atoms with E-state index in [1.54, 1.807) is 11.3 Å². The number of aliphatic hydroxyl groups is 1. The van der Waals surface area contributed by atoms with Crippen LogP contribution < -0.4 is 15.5 Å². The summed E-state index contributed by atoms with van der Waals surface area (Å²) >= 11 is 1.56. The van der Waals surface area contributed by atoms with Gasteiger partial charge in [0.1, 0.15) is 0 Å². The van der Waals surface area contributed by atoms with Crippen LogP contribution in [0.3, 0.4) is 0 Å². The average Bonchev–Trinajstić information content (AvgIpc) is 3.63. The molecule has 0 bridgehead atoms. The van der Waals surface area contributed by atoms with Crippen molar-refractivity contribution in [2.45, 2.75) is 50.3 Å². The highest BCUT2D eigenvalue weighted by molar-refractivity contribution is 7.17. The largest absolute Gasteiger partial charge is 0.368 e. The number of thiophene rings is 1. The fraction of sp³-hybridized carbons (Fsp3) is 0.407. The van der Waals surface area contributed by atoms with Gasteiger partial charge in [-0.3, -0.25) is 9.78 Å². The molecule has 3 aromatic rings. The Kier molecular flexibility index (Phi) is 5.85. The number of hydrogen-bond donors (Lipinski definition) is 3. The van der Waals surface area contributed by atoms with E-state index < -0.39 is 6.23 Å². The summed E-state index contributed by atoms with van der Waals surface area (Å²) in [4.78, 5) is 21.5. The molecule has 1 aliphatic carbocycles. The fourth-order valence-corrected chi connectivity index (χ4v) is 6.23. The van der Waals surface area contributed by atoms with Gasteiger partial charge in [0.05, 0.1) is 10.6 Å². The number of aliphatic hydroxyl groups excluding tert-OH is 1. The van der Waals surface area contributed by atoms with E-state index in [1.807, 2.05) is 30.3 Å². The lowest BCUT2D eigenvalue weighted by Crippen LogP contribution is -2.31. The van der Waals surface area contributed by atoms with Crippen LogP contribution in [0.1, 0.15) is 64.5 Å². The number of fused-ring (bicyclic) bond motifs is 3. The predicted octanol–water partition coefficient (Wildman–Crippen LogP) is 4.22. The standard InChI is InChI=1S/C27H30N4O2S/c32-26(29-19-8-9-19)24-16-18-12-15-31(23-7-2-1-4-20(23)25(18)34-24)27(33)22-6-3-5-21(30-22)17-10-13-28-14-11-17/h1-7,16-17,19,27-28,33H,8-15H2,(H,29,32). The molecule has 6 rings (SSSR count). The molecule has 0 radical (unpaired) electrons. The molecule has 1 unspecified atom stereocenters. The Bertz CT molecular complexity index is 1200. The summed E-state index contributed by atoms with van der Waals surface area (Å²) in [7, 11) is 0. The molecule has 2 aromatic heterocycles. The molecule has 0 spiro atoms. The van der Waals surface area contributed by atoms with Crippen LogP contribution >= 0.6 is 11.3 Å². The van der Waals surface area contributed by atoms with Crippen molar-refractivity contribution in [3.05, 3.63) is 70.4 Å². The third-order valence-electron chi connectivity index (χ3n) is 7.13. The van der Waals surface area contributed by atoms with Gasteiger partial charge in [0.2, 0.25) is 0 Å². The van der Waals surface area contributed by atoms with Crippen molar-refractivity contribution < 1.29 is 9.90 Å². The summed E-state index contributed by atoms with van der Waals surface area (Å²) in [6.07, 6.45) is 4.27. The van der Waals surface area contributed by atoms with Crippen LogP contribution in [-0.4, -0.2) is 41.7 Å². The minimum Gasteiger partial charge on any atom is -0.368 e. The lowest BCUT2D eigenvalue weighted by molar-refractivity contribution is 0.0955. The molecule has 6 nitrogen and oxygen atoms in total. The predicted molar refractivity (Wildman–Crippen MR) is 135 cm³/mol. The smallest absolute Gasteiger partial charge is 0.261 e. The number of para-hydroxylation sites is 1. The Morgan fingerprint density at radius 1 is 1.12 bits per heavy atom. The number of piperidine rings is 1. The second-order valence-corrected chi connectivity index (χ2v) is 10.6. The molecule has 2 aliphatic heterocycles. The van der Waals surface area contributed by atoms with Gasteiger partial charge in [-0.05, 0) is 75.0 Å². The molecule has 3 N–H and O–H groups in total. The number of aromatic nitrogens is 1. The van der Waals surface area contributed by atoms with Crippen molar-refractivity contribution in [1.29, 1.82) is 0 Å². The van der Waals surface area contributed by atoms with Crippen molar-refractivity contribution >= 4 is 22.9 Å². The Balaban J connectivity index is 1.30. The topological polar surface area (TPSA) is 77.5 Å². The van der Waals surface area contributed by atoms with Gasteiger partial charge in [-0.2, -0.15) is 0 Å². The van der Waals surface area contributed by atoms with Crippen LogP contribution in [0.25, 0.3) is 10.4 Å². The average molecular weight is 475 g/mol. The van der Waals surface area contributed by atoms with Crippen LogP contribution in [0.4, 0.5) is 5.69 Å². The van der Waals surface area contributed by atoms with Crippen molar-refractivity contribution in [3.63, 3.8) is 0 Å². The highest BCUT2D eigenvalue weighted by Gasteiger charge is 2.30. The summed E-state index contributed by atoms with van der Waals surface area (Å²) in [5.41, 5.74) is 4.99. The SMILES string of the molecule is O=C(NC1CC1)c1cc2c(s1)-c1ccccc1N(C(O)c1cccc(C3CCNCC3)n1)CC2. The number of carbonyl (C=O) groups excluding carboxylic acids is 1. The number of carbonyl (C=O) groups is 1. The third kappa shape index (κ3) is 4.24. The quantitative estimate of drug-likeness (QED) is 0.516. The number of rotatable bonds is 5. The number of hydrogen-bond acceptors (Lipinski definition) is 6. The molecule has 3 aliphatic rings. The zero-order valence-electron chi connectivity index (χ0n) is 19.2. The first-order valence-corrected chi connectivity index (χ1v) is 13.1. The number of amides is 1. The number of nitrogens with zero attached hydrogens (tertiary/aromatic N) is 2. The summed E-state index contributed by atoms with van der Waals surface area (Å²) in [6.45, 7) is 2.69. The number of anilines is 1. The minimum absolute atomic E-state index is 0.0360. The third-order valence-corrected chi connectivity index (χ3v) is 8.34. The van der Waals surface area contributed by atoms with Gasteiger partial charge in [0.25, 0.3) is 5.91 Å². The van der Waals surface area contributed by atoms with E-state index in [9.17, 15) is 9.90 Å². The maximum absolute atomic E-state index is 12.7. The molecule has 34 heavy (non-hydrogen) atoms. The molecular formula is C27H30N4O2S. The lowest BCUT2D eigenvalue weighted by Gasteiger charge is -2.30. The first kappa shape index (κ1) is 21.8. The van der Waals surface area contributed by atoms with Crippen LogP contribution in [0, 0.1) is 0 Å². The maximum atomic E-state index is 12.7. The van der Waals surface area contributed by atoms with Crippen molar-refractivity contribution in [1.82, 2.24) is 15.6 Å². The molecule has 176 valence electrons. The van der Waals surface area contributed by atoms with Crippen LogP contribution in [0.5, 0.6) is 0 Å². The van der Waals surface area contributed by atoms with Gasteiger partial charge >= 0.3 is 0 Å². The summed E-state index contributed by atoms with van der Waals surface area (Å²) in [5, 5.41) is 18.0.